The third-order valence-electron chi connectivity index (χ3n) is 6.46. The highest BCUT2D eigenvalue weighted by atomic mass is 16.5. The SMILES string of the molecule is C[C@@H](C(=O)OCC(=O)Nc1cccc(N2CCCC2=O)c1)N1C(=O)C2CCCCC2C1=O. The number of amides is 4. The summed E-state index contributed by atoms with van der Waals surface area (Å²) in [5.41, 5.74) is 1.17. The first-order chi connectivity index (χ1) is 15.4. The Hall–Kier alpha value is -3.23. The van der Waals surface area contributed by atoms with E-state index in [1.165, 1.54) is 6.92 Å². The van der Waals surface area contributed by atoms with Crippen LogP contribution < -0.4 is 10.2 Å². The van der Waals surface area contributed by atoms with Crippen LogP contribution in [0.15, 0.2) is 24.3 Å². The summed E-state index contributed by atoms with van der Waals surface area (Å²) >= 11 is 0. The zero-order valence-corrected chi connectivity index (χ0v) is 18.0. The van der Waals surface area contributed by atoms with Crippen molar-refractivity contribution in [3.63, 3.8) is 0 Å². The second kappa shape index (κ2) is 9.10. The second-order valence-corrected chi connectivity index (χ2v) is 8.58. The van der Waals surface area contributed by atoms with Crippen molar-refractivity contribution >= 4 is 41.0 Å². The van der Waals surface area contributed by atoms with Gasteiger partial charge in [-0.25, -0.2) is 4.79 Å². The van der Waals surface area contributed by atoms with Crippen molar-refractivity contribution in [2.24, 2.45) is 11.8 Å². The van der Waals surface area contributed by atoms with E-state index in [1.54, 1.807) is 29.2 Å². The molecule has 4 amide bonds. The summed E-state index contributed by atoms with van der Waals surface area (Å²) in [6.07, 6.45) is 4.44. The van der Waals surface area contributed by atoms with Crippen molar-refractivity contribution in [3.05, 3.63) is 24.3 Å². The Balaban J connectivity index is 1.31. The monoisotopic (exact) mass is 441 g/mol. The summed E-state index contributed by atoms with van der Waals surface area (Å²) in [5.74, 6) is -2.62. The first-order valence-electron chi connectivity index (χ1n) is 11.1. The van der Waals surface area contributed by atoms with Crippen LogP contribution in [0.25, 0.3) is 0 Å². The average Bonchev–Trinajstić information content (AvgIpc) is 3.33. The minimum absolute atomic E-state index is 0.0437. The Morgan fingerprint density at radius 1 is 1.09 bits per heavy atom. The lowest BCUT2D eigenvalue weighted by Gasteiger charge is -2.21. The first-order valence-corrected chi connectivity index (χ1v) is 11.1. The van der Waals surface area contributed by atoms with Crippen LogP contribution in [0.1, 0.15) is 45.4 Å². The molecule has 2 saturated heterocycles. The number of benzene rings is 1. The van der Waals surface area contributed by atoms with Gasteiger partial charge in [0, 0.05) is 24.3 Å². The van der Waals surface area contributed by atoms with Gasteiger partial charge >= 0.3 is 5.97 Å². The van der Waals surface area contributed by atoms with Gasteiger partial charge in [0.05, 0.1) is 11.8 Å². The number of ether oxygens (including phenoxy) is 1. The number of rotatable bonds is 6. The molecule has 3 fully saturated rings. The minimum atomic E-state index is -1.07. The zero-order valence-electron chi connectivity index (χ0n) is 18.0. The molecule has 9 heteroatoms. The van der Waals surface area contributed by atoms with Gasteiger partial charge in [-0.15, -0.1) is 0 Å². The normalized spacial score (nSPS) is 23.8. The topological polar surface area (TPSA) is 113 Å². The third-order valence-corrected chi connectivity index (χ3v) is 6.46. The number of anilines is 2. The molecular formula is C23H27N3O6. The molecule has 1 aromatic rings. The van der Waals surface area contributed by atoms with Crippen molar-refractivity contribution in [1.82, 2.24) is 4.90 Å². The van der Waals surface area contributed by atoms with Gasteiger partial charge in [-0.1, -0.05) is 18.9 Å². The molecule has 4 rings (SSSR count). The molecule has 170 valence electrons. The van der Waals surface area contributed by atoms with Crippen LogP contribution in [-0.2, 0) is 28.7 Å². The zero-order chi connectivity index (χ0) is 22.8. The maximum Gasteiger partial charge on any atom is 0.329 e. The maximum atomic E-state index is 12.6. The summed E-state index contributed by atoms with van der Waals surface area (Å²) in [5, 5.41) is 2.64. The smallest absolute Gasteiger partial charge is 0.329 e. The predicted molar refractivity (Wildman–Crippen MR) is 114 cm³/mol. The van der Waals surface area contributed by atoms with Gasteiger partial charge in [0.15, 0.2) is 6.61 Å². The molecule has 2 heterocycles. The van der Waals surface area contributed by atoms with E-state index >= 15 is 0 Å². The molecular weight excluding hydrogens is 414 g/mol. The average molecular weight is 441 g/mol. The Labute approximate surface area is 186 Å². The van der Waals surface area contributed by atoms with Crippen molar-refractivity contribution in [3.8, 4) is 0 Å². The Bertz CT molecular complexity index is 937. The number of imide groups is 1. The number of esters is 1. The molecule has 1 aromatic carbocycles. The number of fused-ring (bicyclic) bond motifs is 1. The van der Waals surface area contributed by atoms with E-state index in [9.17, 15) is 24.0 Å². The second-order valence-electron chi connectivity index (χ2n) is 8.58. The molecule has 2 unspecified atom stereocenters. The van der Waals surface area contributed by atoms with Gasteiger partial charge in [-0.05, 0) is 44.4 Å². The number of nitrogens with zero attached hydrogens (tertiary/aromatic N) is 2. The highest BCUT2D eigenvalue weighted by Crippen LogP contribution is 2.38. The fourth-order valence-electron chi connectivity index (χ4n) is 4.80. The molecule has 0 aromatic heterocycles. The number of nitrogens with one attached hydrogen (secondary N) is 1. The molecule has 0 spiro atoms. The number of hydrogen-bond donors (Lipinski definition) is 1. The van der Waals surface area contributed by atoms with Crippen LogP contribution in [0.3, 0.4) is 0 Å². The molecule has 0 bridgehead atoms. The van der Waals surface area contributed by atoms with Gasteiger partial charge in [-0.3, -0.25) is 24.1 Å². The highest BCUT2D eigenvalue weighted by molar-refractivity contribution is 6.08. The summed E-state index contributed by atoms with van der Waals surface area (Å²) in [7, 11) is 0. The molecule has 32 heavy (non-hydrogen) atoms. The standard InChI is InChI=1S/C23H27N3O6/c1-14(26-21(29)17-8-2-3-9-18(17)22(26)30)23(31)32-13-19(27)24-15-6-4-7-16(12-15)25-11-5-10-20(25)28/h4,6-7,12,14,17-18H,2-3,5,8-11,13H2,1H3,(H,24,27)/t14-,17?,18?/m0/s1. The summed E-state index contributed by atoms with van der Waals surface area (Å²) < 4.78 is 5.09. The van der Waals surface area contributed by atoms with Gasteiger partial charge in [0.2, 0.25) is 17.7 Å². The van der Waals surface area contributed by atoms with Crippen molar-refractivity contribution in [2.75, 3.05) is 23.4 Å². The Kier molecular flexibility index (Phi) is 6.25. The number of carbonyl (C=O) groups excluding carboxylic acids is 5. The van der Waals surface area contributed by atoms with Crippen LogP contribution in [0.5, 0.6) is 0 Å². The van der Waals surface area contributed by atoms with E-state index in [4.69, 9.17) is 4.74 Å². The van der Waals surface area contributed by atoms with Gasteiger partial charge in [0.25, 0.3) is 5.91 Å². The van der Waals surface area contributed by atoms with Crippen molar-refractivity contribution in [2.45, 2.75) is 51.5 Å². The molecule has 0 radical (unpaired) electrons. The van der Waals surface area contributed by atoms with E-state index in [2.05, 4.69) is 5.32 Å². The highest BCUT2D eigenvalue weighted by Gasteiger charge is 2.51. The number of carbonyl (C=O) groups is 5. The Morgan fingerprint density at radius 2 is 1.78 bits per heavy atom. The molecule has 3 atom stereocenters. The molecule has 1 N–H and O–H groups in total. The Morgan fingerprint density at radius 3 is 2.41 bits per heavy atom. The van der Waals surface area contributed by atoms with Crippen LogP contribution in [0, 0.1) is 11.8 Å². The maximum absolute atomic E-state index is 12.6. The number of hydrogen-bond acceptors (Lipinski definition) is 6. The van der Waals surface area contributed by atoms with Crippen LogP contribution in [-0.4, -0.2) is 53.7 Å². The van der Waals surface area contributed by atoms with Gasteiger partial charge in [-0.2, -0.15) is 0 Å². The molecule has 9 nitrogen and oxygen atoms in total. The number of likely N-dealkylation sites (tertiary alicyclic amines) is 1. The van der Waals surface area contributed by atoms with Gasteiger partial charge < -0.3 is 15.0 Å². The predicted octanol–water partition coefficient (Wildman–Crippen LogP) is 1.86. The van der Waals surface area contributed by atoms with E-state index in [-0.39, 0.29) is 29.6 Å². The van der Waals surface area contributed by atoms with Crippen LogP contribution >= 0.6 is 0 Å². The van der Waals surface area contributed by atoms with E-state index in [1.807, 2.05) is 0 Å². The van der Waals surface area contributed by atoms with Crippen molar-refractivity contribution in [1.29, 1.82) is 0 Å². The quantitative estimate of drug-likeness (QED) is 0.533. The fourth-order valence-corrected chi connectivity index (χ4v) is 4.80. The van der Waals surface area contributed by atoms with E-state index in [0.717, 1.165) is 24.2 Å². The minimum Gasteiger partial charge on any atom is -0.454 e. The summed E-state index contributed by atoms with van der Waals surface area (Å²) in [6.45, 7) is 1.55. The van der Waals surface area contributed by atoms with Crippen molar-refractivity contribution < 1.29 is 28.7 Å². The fraction of sp³-hybridized carbons (Fsp3) is 0.522. The lowest BCUT2D eigenvalue weighted by atomic mass is 9.81. The van der Waals surface area contributed by atoms with E-state index < -0.39 is 24.5 Å². The van der Waals surface area contributed by atoms with Gasteiger partial charge in [0.1, 0.15) is 6.04 Å². The lowest BCUT2D eigenvalue weighted by molar-refractivity contribution is -0.159. The summed E-state index contributed by atoms with van der Waals surface area (Å²) in [6, 6.07) is 5.82. The lowest BCUT2D eigenvalue weighted by Crippen LogP contribution is -2.45. The van der Waals surface area contributed by atoms with Crippen LogP contribution in [0.2, 0.25) is 0 Å². The largest absolute Gasteiger partial charge is 0.454 e. The molecule has 3 aliphatic rings. The molecule has 1 aliphatic carbocycles. The first kappa shape index (κ1) is 22.0. The van der Waals surface area contributed by atoms with Crippen LogP contribution in [0.4, 0.5) is 11.4 Å². The summed E-state index contributed by atoms with van der Waals surface area (Å²) in [4.78, 5) is 64.6. The van der Waals surface area contributed by atoms with E-state index in [0.29, 0.717) is 37.2 Å². The third kappa shape index (κ3) is 4.24. The molecule has 2 aliphatic heterocycles. The molecule has 1 saturated carbocycles.